The topological polar surface area (TPSA) is 76.7 Å². The van der Waals surface area contributed by atoms with E-state index in [4.69, 9.17) is 9.47 Å². The summed E-state index contributed by atoms with van der Waals surface area (Å²) in [7, 11) is 0. The summed E-state index contributed by atoms with van der Waals surface area (Å²) in [5.41, 5.74) is 0.655. The highest BCUT2D eigenvalue weighted by Gasteiger charge is 2.13. The fourth-order valence-electron chi connectivity index (χ4n) is 2.71. The van der Waals surface area contributed by atoms with Gasteiger partial charge in [0.1, 0.15) is 24.8 Å². The van der Waals surface area contributed by atoms with Crippen LogP contribution in [0.3, 0.4) is 0 Å². The first-order valence-electron chi connectivity index (χ1n) is 8.91. The molecule has 1 heterocycles. The van der Waals surface area contributed by atoms with Gasteiger partial charge in [0, 0.05) is 25.6 Å². The molecule has 148 valence electrons. The molecule has 0 bridgehead atoms. The lowest BCUT2D eigenvalue weighted by molar-refractivity contribution is -0.121. The average Bonchev–Trinajstić information content (AvgIpc) is 2.69. The summed E-state index contributed by atoms with van der Waals surface area (Å²) in [4.78, 5) is 23.8. The highest BCUT2D eigenvalue weighted by Crippen LogP contribution is 2.30. The molecular weight excluding hydrogens is 370 g/mol. The Bertz CT molecular complexity index is 873. The third-order valence-corrected chi connectivity index (χ3v) is 4.14. The molecule has 28 heavy (non-hydrogen) atoms. The molecule has 0 spiro atoms. The van der Waals surface area contributed by atoms with Crippen LogP contribution in [0.5, 0.6) is 11.5 Å². The van der Waals surface area contributed by atoms with Gasteiger partial charge in [0.2, 0.25) is 5.91 Å². The molecule has 2 N–H and O–H groups in total. The van der Waals surface area contributed by atoms with Crippen molar-refractivity contribution in [2.45, 2.75) is 19.4 Å². The van der Waals surface area contributed by atoms with Gasteiger partial charge >= 0.3 is 0 Å². The Morgan fingerprint density at radius 1 is 0.964 bits per heavy atom. The lowest BCUT2D eigenvalue weighted by Crippen LogP contribution is -2.28. The first-order valence-corrected chi connectivity index (χ1v) is 8.91. The lowest BCUT2D eigenvalue weighted by Gasteiger charge is -2.19. The zero-order valence-corrected chi connectivity index (χ0v) is 15.1. The van der Waals surface area contributed by atoms with Crippen molar-refractivity contribution in [3.05, 3.63) is 59.2 Å². The molecule has 3 rings (SSSR count). The highest BCUT2D eigenvalue weighted by molar-refractivity contribution is 5.94. The third kappa shape index (κ3) is 5.18. The maximum Gasteiger partial charge on any atom is 0.254 e. The van der Waals surface area contributed by atoms with Gasteiger partial charge in [0.25, 0.3) is 5.91 Å². The molecule has 2 amide bonds. The van der Waals surface area contributed by atoms with E-state index in [2.05, 4.69) is 10.6 Å². The van der Waals surface area contributed by atoms with Crippen LogP contribution in [0.4, 0.5) is 8.78 Å². The van der Waals surface area contributed by atoms with Gasteiger partial charge in [-0.25, -0.2) is 8.78 Å². The van der Waals surface area contributed by atoms with E-state index in [0.29, 0.717) is 43.7 Å². The number of hydrogen-bond donors (Lipinski definition) is 2. The monoisotopic (exact) mass is 390 g/mol. The van der Waals surface area contributed by atoms with Crippen molar-refractivity contribution in [2.75, 3.05) is 19.8 Å². The molecule has 0 fully saturated rings. The second kappa shape index (κ2) is 9.16. The zero-order chi connectivity index (χ0) is 19.9. The summed E-state index contributed by atoms with van der Waals surface area (Å²) < 4.78 is 37.3. The van der Waals surface area contributed by atoms with Gasteiger partial charge in [-0.3, -0.25) is 9.59 Å². The average molecular weight is 390 g/mol. The number of benzene rings is 2. The normalized spacial score (nSPS) is 12.4. The minimum absolute atomic E-state index is 0.169. The Balaban J connectivity index is 1.37. The second-order valence-corrected chi connectivity index (χ2v) is 6.24. The minimum Gasteiger partial charge on any atom is -0.486 e. The van der Waals surface area contributed by atoms with Crippen LogP contribution in [0.15, 0.2) is 36.4 Å². The number of fused-ring (bicyclic) bond motifs is 1. The summed E-state index contributed by atoms with van der Waals surface area (Å²) >= 11 is 0. The molecule has 0 saturated heterocycles. The van der Waals surface area contributed by atoms with E-state index >= 15 is 0 Å². The molecule has 2 aromatic rings. The number of ether oxygens (including phenoxy) is 2. The van der Waals surface area contributed by atoms with Gasteiger partial charge < -0.3 is 20.1 Å². The predicted molar refractivity (Wildman–Crippen MR) is 97.2 cm³/mol. The quantitative estimate of drug-likeness (QED) is 0.713. The zero-order valence-electron chi connectivity index (χ0n) is 15.1. The first-order chi connectivity index (χ1) is 13.5. The molecule has 8 heteroatoms. The van der Waals surface area contributed by atoms with Crippen LogP contribution in [0.25, 0.3) is 0 Å². The molecule has 0 atom stereocenters. The van der Waals surface area contributed by atoms with Crippen LogP contribution in [0.2, 0.25) is 0 Å². The number of rotatable bonds is 7. The van der Waals surface area contributed by atoms with E-state index in [-0.39, 0.29) is 24.4 Å². The third-order valence-electron chi connectivity index (χ3n) is 4.14. The van der Waals surface area contributed by atoms with Crippen LogP contribution in [0, 0.1) is 11.6 Å². The molecule has 1 aliphatic rings. The van der Waals surface area contributed by atoms with Gasteiger partial charge in [-0.1, -0.05) is 6.07 Å². The van der Waals surface area contributed by atoms with Crippen LogP contribution in [-0.2, 0) is 11.3 Å². The summed E-state index contributed by atoms with van der Waals surface area (Å²) in [6, 6.07) is 8.24. The lowest BCUT2D eigenvalue weighted by atomic mass is 10.2. The molecule has 0 unspecified atom stereocenters. The number of carbonyl (C=O) groups excluding carboxylic acids is 2. The van der Waals surface area contributed by atoms with Crippen LogP contribution in [-0.4, -0.2) is 31.6 Å². The fourth-order valence-corrected chi connectivity index (χ4v) is 2.71. The van der Waals surface area contributed by atoms with E-state index in [1.807, 2.05) is 12.1 Å². The second-order valence-electron chi connectivity index (χ2n) is 6.24. The van der Waals surface area contributed by atoms with E-state index in [1.54, 1.807) is 6.07 Å². The molecule has 0 aromatic heterocycles. The molecule has 0 saturated carbocycles. The number of nitrogens with one attached hydrogen (secondary N) is 2. The van der Waals surface area contributed by atoms with Crippen molar-refractivity contribution < 1.29 is 27.8 Å². The molecule has 0 aliphatic carbocycles. The number of carbonyl (C=O) groups is 2. The summed E-state index contributed by atoms with van der Waals surface area (Å²) in [5.74, 6) is -1.13. The SMILES string of the molecule is O=C(CCCNC(=O)c1ccc(F)cc1F)NCc1ccc2c(c1)OCCO2. The Labute approximate surface area is 160 Å². The standard InChI is InChI=1S/C20H20F2N2O4/c21-14-4-5-15(16(22)11-14)20(26)23-7-1-2-19(25)24-12-13-3-6-17-18(10-13)28-9-8-27-17/h3-6,10-11H,1-2,7-9,12H2,(H,23,26)(H,24,25). The maximum absolute atomic E-state index is 13.5. The van der Waals surface area contributed by atoms with E-state index in [1.165, 1.54) is 0 Å². The Morgan fingerprint density at radius 2 is 1.75 bits per heavy atom. The Morgan fingerprint density at radius 3 is 2.54 bits per heavy atom. The summed E-state index contributed by atoms with van der Waals surface area (Å²) in [6.07, 6.45) is 0.595. The fraction of sp³-hybridized carbons (Fsp3) is 0.300. The van der Waals surface area contributed by atoms with Crippen LogP contribution < -0.4 is 20.1 Å². The van der Waals surface area contributed by atoms with Crippen molar-refractivity contribution in [1.29, 1.82) is 0 Å². The van der Waals surface area contributed by atoms with Gasteiger partial charge in [0.05, 0.1) is 5.56 Å². The largest absolute Gasteiger partial charge is 0.486 e. The van der Waals surface area contributed by atoms with Gasteiger partial charge in [-0.15, -0.1) is 0 Å². The Kier molecular flexibility index (Phi) is 6.41. The summed E-state index contributed by atoms with van der Waals surface area (Å²) in [6.45, 7) is 1.57. The van der Waals surface area contributed by atoms with Gasteiger partial charge in [0.15, 0.2) is 11.5 Å². The molecule has 2 aromatic carbocycles. The number of halogens is 2. The maximum atomic E-state index is 13.5. The number of hydrogen-bond acceptors (Lipinski definition) is 4. The minimum atomic E-state index is -0.922. The summed E-state index contributed by atoms with van der Waals surface area (Å²) in [5, 5.41) is 5.30. The highest BCUT2D eigenvalue weighted by atomic mass is 19.1. The van der Waals surface area contributed by atoms with E-state index < -0.39 is 17.5 Å². The van der Waals surface area contributed by atoms with Gasteiger partial charge in [-0.2, -0.15) is 0 Å². The van der Waals surface area contributed by atoms with Crippen LogP contribution in [0.1, 0.15) is 28.8 Å². The van der Waals surface area contributed by atoms with E-state index in [0.717, 1.165) is 17.7 Å². The molecule has 0 radical (unpaired) electrons. The van der Waals surface area contributed by atoms with Gasteiger partial charge in [-0.05, 0) is 36.2 Å². The van der Waals surface area contributed by atoms with Crippen molar-refractivity contribution in [1.82, 2.24) is 10.6 Å². The number of amides is 2. The first kappa shape index (κ1) is 19.6. The smallest absolute Gasteiger partial charge is 0.254 e. The Hall–Kier alpha value is -3.16. The molecule has 1 aliphatic heterocycles. The van der Waals surface area contributed by atoms with Crippen LogP contribution >= 0.6 is 0 Å². The predicted octanol–water partition coefficient (Wildman–Crippen LogP) is 2.56. The van der Waals surface area contributed by atoms with Crippen molar-refractivity contribution in [3.8, 4) is 11.5 Å². The van der Waals surface area contributed by atoms with Crippen molar-refractivity contribution >= 4 is 11.8 Å². The van der Waals surface area contributed by atoms with Crippen molar-refractivity contribution in [2.24, 2.45) is 0 Å². The van der Waals surface area contributed by atoms with Crippen molar-refractivity contribution in [3.63, 3.8) is 0 Å². The molecule has 6 nitrogen and oxygen atoms in total. The van der Waals surface area contributed by atoms with E-state index in [9.17, 15) is 18.4 Å². The molecular formula is C20H20F2N2O4.